The second-order valence-electron chi connectivity index (χ2n) is 7.84. The third-order valence-electron chi connectivity index (χ3n) is 5.78. The van der Waals surface area contributed by atoms with Crippen LogP contribution < -0.4 is 5.73 Å². The van der Waals surface area contributed by atoms with Crippen LogP contribution in [0.2, 0.25) is 0 Å². The summed E-state index contributed by atoms with van der Waals surface area (Å²) in [5.74, 6) is -2.23. The Kier molecular flexibility index (Phi) is 4.74. The third-order valence-corrected chi connectivity index (χ3v) is 5.78. The van der Waals surface area contributed by atoms with Gasteiger partial charge in [-0.05, 0) is 48.4 Å². The first kappa shape index (κ1) is 20.5. The van der Waals surface area contributed by atoms with E-state index in [1.807, 2.05) is 0 Å². The minimum Gasteiger partial charge on any atom is -0.507 e. The van der Waals surface area contributed by atoms with Crippen molar-refractivity contribution >= 4 is 22.8 Å². The first-order chi connectivity index (χ1) is 15.8. The second-order valence-corrected chi connectivity index (χ2v) is 7.84. The number of hydrogen-bond acceptors (Lipinski definition) is 6. The van der Waals surface area contributed by atoms with E-state index < -0.39 is 17.7 Å². The Balaban J connectivity index is 1.76. The molecule has 0 aliphatic carbocycles. The molecule has 0 bridgehead atoms. The summed E-state index contributed by atoms with van der Waals surface area (Å²) in [5, 5.41) is 29.8. The normalized spacial score (nSPS) is 15.7. The van der Waals surface area contributed by atoms with E-state index in [2.05, 4.69) is 9.97 Å². The molecule has 6 N–H and O–H groups in total. The number of aromatic amines is 1. The van der Waals surface area contributed by atoms with Crippen LogP contribution in [-0.4, -0.2) is 38.6 Å². The number of cyclic esters (lactones) is 1. The van der Waals surface area contributed by atoms with Gasteiger partial charge in [-0.15, -0.1) is 0 Å². The quantitative estimate of drug-likeness (QED) is 0.183. The summed E-state index contributed by atoms with van der Waals surface area (Å²) in [7, 11) is 0. The minimum atomic E-state index is -0.731. The predicted molar refractivity (Wildman–Crippen MR) is 120 cm³/mol. The first-order valence-corrected chi connectivity index (χ1v) is 10.2. The fourth-order valence-corrected chi connectivity index (χ4v) is 4.13. The number of halogens is 1. The molecule has 1 aliphatic rings. The number of nitrogen functional groups attached to an aromatic ring is 1. The number of hydrogen-bond donors (Lipinski definition) is 5. The number of nitrogens with two attached hydrogens (primary N) is 1. The van der Waals surface area contributed by atoms with Crippen LogP contribution in [0.25, 0.3) is 33.5 Å². The number of H-pyrrole nitrogens is 1. The molecular weight excluding hydrogens is 427 g/mol. The largest absolute Gasteiger partial charge is 0.507 e. The number of phenols is 2. The van der Waals surface area contributed by atoms with E-state index in [1.165, 1.54) is 24.3 Å². The predicted octanol–water partition coefficient (Wildman–Crippen LogP) is 3.76. The Bertz CT molecular complexity index is 1450. The Labute approximate surface area is 187 Å². The molecule has 33 heavy (non-hydrogen) atoms. The molecule has 0 radical (unpaired) electrons. The number of esters is 1. The number of fused-ring (bicyclic) bond motifs is 1. The van der Waals surface area contributed by atoms with E-state index in [0.29, 0.717) is 23.0 Å². The highest BCUT2D eigenvalue weighted by molar-refractivity contribution is 5.98. The van der Waals surface area contributed by atoms with Crippen LogP contribution in [-0.2, 0) is 9.53 Å². The zero-order valence-electron chi connectivity index (χ0n) is 17.2. The molecule has 0 amide bonds. The molecule has 4 aromatic rings. The molecule has 166 valence electrons. The molecule has 5 rings (SSSR count). The van der Waals surface area contributed by atoms with Gasteiger partial charge in [0.15, 0.2) is 0 Å². The Hall–Kier alpha value is -4.40. The first-order valence-electron chi connectivity index (χ1n) is 10.2. The molecule has 1 fully saturated rings. The summed E-state index contributed by atoms with van der Waals surface area (Å²) in [6, 6.07) is 12.0. The highest BCUT2D eigenvalue weighted by atomic mass is 19.1. The maximum Gasteiger partial charge on any atom is 0.313 e. The van der Waals surface area contributed by atoms with E-state index in [4.69, 9.17) is 15.9 Å². The van der Waals surface area contributed by atoms with Crippen LogP contribution in [0, 0.1) is 11.2 Å². The van der Waals surface area contributed by atoms with Gasteiger partial charge in [0.2, 0.25) is 0 Å². The molecular formula is C24H19FN4O4. The van der Waals surface area contributed by atoms with Gasteiger partial charge in [0.25, 0.3) is 0 Å². The number of ether oxygens (including phenoxy) is 1. The number of aromatic hydroxyl groups is 2. The van der Waals surface area contributed by atoms with Gasteiger partial charge in [-0.2, -0.15) is 0 Å². The van der Waals surface area contributed by atoms with Crippen molar-refractivity contribution in [3.8, 4) is 34.0 Å². The summed E-state index contributed by atoms with van der Waals surface area (Å²) in [6.07, 6.45) is 0.362. The maximum atomic E-state index is 14.0. The van der Waals surface area contributed by atoms with E-state index in [9.17, 15) is 19.4 Å². The van der Waals surface area contributed by atoms with Crippen LogP contribution in [0.1, 0.15) is 23.5 Å². The molecule has 1 atom stereocenters. The Morgan fingerprint density at radius 2 is 2.00 bits per heavy atom. The summed E-state index contributed by atoms with van der Waals surface area (Å²) in [5.41, 5.74) is 7.93. The topological polar surface area (TPSA) is 145 Å². The number of carbonyl (C=O) groups excluding carboxylic acids is 1. The van der Waals surface area contributed by atoms with Crippen molar-refractivity contribution in [1.29, 1.82) is 5.41 Å². The van der Waals surface area contributed by atoms with Gasteiger partial charge in [-0.3, -0.25) is 10.2 Å². The Morgan fingerprint density at radius 1 is 1.18 bits per heavy atom. The summed E-state index contributed by atoms with van der Waals surface area (Å²) < 4.78 is 19.0. The number of nitrogens with one attached hydrogen (secondary N) is 2. The van der Waals surface area contributed by atoms with E-state index in [0.717, 1.165) is 0 Å². The highest BCUT2D eigenvalue weighted by Crippen LogP contribution is 2.48. The van der Waals surface area contributed by atoms with Crippen LogP contribution in [0.3, 0.4) is 0 Å². The van der Waals surface area contributed by atoms with Crippen molar-refractivity contribution in [2.24, 2.45) is 5.73 Å². The van der Waals surface area contributed by atoms with Crippen molar-refractivity contribution in [1.82, 2.24) is 9.97 Å². The lowest BCUT2D eigenvalue weighted by Gasteiger charge is -2.17. The lowest BCUT2D eigenvalue weighted by molar-refractivity contribution is -0.139. The number of rotatable bonds is 4. The van der Waals surface area contributed by atoms with E-state index in [-0.39, 0.29) is 52.0 Å². The Morgan fingerprint density at radius 3 is 2.70 bits per heavy atom. The van der Waals surface area contributed by atoms with Gasteiger partial charge in [0.1, 0.15) is 29.0 Å². The van der Waals surface area contributed by atoms with Crippen molar-refractivity contribution in [3.63, 3.8) is 0 Å². The van der Waals surface area contributed by atoms with Gasteiger partial charge < -0.3 is 25.7 Å². The van der Waals surface area contributed by atoms with Crippen molar-refractivity contribution in [2.75, 3.05) is 6.61 Å². The number of phenolic OH excluding ortho intramolecular Hbond substituents is 2. The molecule has 0 saturated carbocycles. The molecule has 1 unspecified atom stereocenters. The number of amidine groups is 1. The third kappa shape index (κ3) is 3.43. The summed E-state index contributed by atoms with van der Waals surface area (Å²) >= 11 is 0. The SMILES string of the molecule is N=C(N)c1ccc2[nH]c(-c3cc(C4CCOC4=O)c(O)c(-c4cccc(F)c4)c3O)nc2c1. The lowest BCUT2D eigenvalue weighted by Crippen LogP contribution is -2.10. The van der Waals surface area contributed by atoms with Crippen molar-refractivity contribution in [2.45, 2.75) is 12.3 Å². The molecule has 1 aliphatic heterocycles. The summed E-state index contributed by atoms with van der Waals surface area (Å²) in [4.78, 5) is 19.9. The standard InChI is InChI=1S/C24H19FN4O4/c25-13-3-1-2-11(8-13)19-20(30)15(14-6-7-33-24(14)32)10-16(21(19)31)23-28-17-5-4-12(22(26)27)9-18(17)29-23/h1-5,8-10,14,30-31H,6-7H2,(H3,26,27)(H,28,29). The minimum absolute atomic E-state index is 0.00780. The second kappa shape index (κ2) is 7.63. The zero-order valence-corrected chi connectivity index (χ0v) is 17.2. The maximum absolute atomic E-state index is 14.0. The molecule has 9 heteroatoms. The molecule has 1 aromatic heterocycles. The van der Waals surface area contributed by atoms with Crippen LogP contribution in [0.4, 0.5) is 4.39 Å². The van der Waals surface area contributed by atoms with Gasteiger partial charge in [0, 0.05) is 11.1 Å². The molecule has 8 nitrogen and oxygen atoms in total. The van der Waals surface area contributed by atoms with Crippen LogP contribution >= 0.6 is 0 Å². The number of aromatic nitrogens is 2. The number of imidazole rings is 1. The van der Waals surface area contributed by atoms with Gasteiger partial charge in [0.05, 0.1) is 34.7 Å². The van der Waals surface area contributed by atoms with E-state index in [1.54, 1.807) is 24.3 Å². The molecule has 3 aromatic carbocycles. The van der Waals surface area contributed by atoms with Crippen molar-refractivity contribution < 1.29 is 24.1 Å². The monoisotopic (exact) mass is 446 g/mol. The van der Waals surface area contributed by atoms with Crippen molar-refractivity contribution in [3.05, 3.63) is 65.5 Å². The number of nitrogens with zero attached hydrogens (tertiary/aromatic N) is 1. The smallest absolute Gasteiger partial charge is 0.313 e. The fraction of sp³-hybridized carbons (Fsp3) is 0.125. The van der Waals surface area contributed by atoms with Gasteiger partial charge >= 0.3 is 5.97 Å². The summed E-state index contributed by atoms with van der Waals surface area (Å²) in [6.45, 7) is 0.215. The van der Waals surface area contributed by atoms with Gasteiger partial charge in [-0.1, -0.05) is 12.1 Å². The lowest BCUT2D eigenvalue weighted by atomic mass is 9.89. The van der Waals surface area contributed by atoms with E-state index >= 15 is 0 Å². The highest BCUT2D eigenvalue weighted by Gasteiger charge is 2.33. The number of benzene rings is 3. The average molecular weight is 446 g/mol. The van der Waals surface area contributed by atoms with Crippen LogP contribution in [0.15, 0.2) is 48.5 Å². The fourth-order valence-electron chi connectivity index (χ4n) is 4.13. The molecule has 1 saturated heterocycles. The number of carbonyl (C=O) groups is 1. The van der Waals surface area contributed by atoms with Crippen LogP contribution in [0.5, 0.6) is 11.5 Å². The average Bonchev–Trinajstić information content (AvgIpc) is 3.39. The zero-order chi connectivity index (χ0) is 23.3. The molecule has 0 spiro atoms. The molecule has 2 heterocycles. The van der Waals surface area contributed by atoms with Gasteiger partial charge in [-0.25, -0.2) is 9.37 Å².